The van der Waals surface area contributed by atoms with Crippen LogP contribution in [0.5, 0.6) is 0 Å². The van der Waals surface area contributed by atoms with Crippen molar-refractivity contribution in [2.45, 2.75) is 31.5 Å². The number of aromatic nitrogens is 1. The quantitative estimate of drug-likeness (QED) is 0.442. The number of amides is 1. The number of rotatable bonds is 8. The first-order valence-electron chi connectivity index (χ1n) is 10.5. The molecular formula is C25H25ClF3N3O. The summed E-state index contributed by atoms with van der Waals surface area (Å²) >= 11 is 6.17. The predicted molar refractivity (Wildman–Crippen MR) is 123 cm³/mol. The van der Waals surface area contributed by atoms with Crippen molar-refractivity contribution in [3.8, 4) is 0 Å². The number of carbonyl (C=O) groups excluding carboxylic acids is 1. The highest BCUT2D eigenvalue weighted by Crippen LogP contribution is 2.33. The highest BCUT2D eigenvalue weighted by molar-refractivity contribution is 6.31. The molecule has 0 fully saturated rings. The van der Waals surface area contributed by atoms with Gasteiger partial charge in [-0.1, -0.05) is 60.1 Å². The second-order valence-corrected chi connectivity index (χ2v) is 8.14. The first kappa shape index (κ1) is 24.7. The SMILES string of the molecule is CNC(=O)[C@H](NCC[C@H](c1ccc(C(F)(F)F)nc1)c1ccc(Cl)c(C)c1)c1ccccc1. The number of halogens is 4. The van der Waals surface area contributed by atoms with E-state index in [0.29, 0.717) is 23.6 Å². The molecule has 1 heterocycles. The molecule has 0 saturated heterocycles. The van der Waals surface area contributed by atoms with Gasteiger partial charge in [0, 0.05) is 24.2 Å². The third kappa shape index (κ3) is 6.33. The summed E-state index contributed by atoms with van der Waals surface area (Å²) in [7, 11) is 1.58. The number of hydrogen-bond acceptors (Lipinski definition) is 3. The van der Waals surface area contributed by atoms with E-state index in [1.807, 2.05) is 49.4 Å². The molecule has 8 heteroatoms. The van der Waals surface area contributed by atoms with Crippen LogP contribution < -0.4 is 10.6 Å². The van der Waals surface area contributed by atoms with E-state index in [1.165, 1.54) is 12.3 Å². The zero-order valence-corrected chi connectivity index (χ0v) is 19.0. The minimum Gasteiger partial charge on any atom is -0.358 e. The van der Waals surface area contributed by atoms with Gasteiger partial charge in [-0.2, -0.15) is 13.2 Å². The number of aryl methyl sites for hydroxylation is 1. The van der Waals surface area contributed by atoms with Crippen LogP contribution in [0.4, 0.5) is 13.2 Å². The Kier molecular flexibility index (Phi) is 8.10. The predicted octanol–water partition coefficient (Wildman–Crippen LogP) is 5.66. The number of carbonyl (C=O) groups is 1. The Morgan fingerprint density at radius 3 is 2.30 bits per heavy atom. The summed E-state index contributed by atoms with van der Waals surface area (Å²) in [5.41, 5.74) is 2.34. The molecule has 0 spiro atoms. The van der Waals surface area contributed by atoms with E-state index in [-0.39, 0.29) is 11.8 Å². The smallest absolute Gasteiger partial charge is 0.358 e. The van der Waals surface area contributed by atoms with E-state index in [4.69, 9.17) is 11.6 Å². The van der Waals surface area contributed by atoms with Gasteiger partial charge >= 0.3 is 6.18 Å². The zero-order valence-electron chi connectivity index (χ0n) is 18.3. The Balaban J connectivity index is 1.85. The van der Waals surface area contributed by atoms with Crippen LogP contribution in [0.1, 0.15) is 46.3 Å². The van der Waals surface area contributed by atoms with Crippen LogP contribution in [0.15, 0.2) is 66.9 Å². The largest absolute Gasteiger partial charge is 0.433 e. The average molecular weight is 476 g/mol. The van der Waals surface area contributed by atoms with Crippen LogP contribution in [0.25, 0.3) is 0 Å². The Bertz CT molecular complexity index is 1070. The minimum atomic E-state index is -4.50. The highest BCUT2D eigenvalue weighted by atomic mass is 35.5. The first-order valence-corrected chi connectivity index (χ1v) is 10.9. The lowest BCUT2D eigenvalue weighted by Crippen LogP contribution is -2.36. The third-order valence-corrected chi connectivity index (χ3v) is 5.91. The minimum absolute atomic E-state index is 0.170. The van der Waals surface area contributed by atoms with Crippen LogP contribution in [0.2, 0.25) is 5.02 Å². The van der Waals surface area contributed by atoms with E-state index in [1.54, 1.807) is 13.1 Å². The summed E-state index contributed by atoms with van der Waals surface area (Å²) in [6.45, 7) is 2.32. The number of nitrogens with zero attached hydrogens (tertiary/aromatic N) is 1. The maximum absolute atomic E-state index is 13.0. The lowest BCUT2D eigenvalue weighted by atomic mass is 9.88. The second kappa shape index (κ2) is 10.8. The first-order chi connectivity index (χ1) is 15.7. The molecule has 4 nitrogen and oxygen atoms in total. The van der Waals surface area contributed by atoms with Crippen molar-refractivity contribution in [2.24, 2.45) is 0 Å². The van der Waals surface area contributed by atoms with E-state index < -0.39 is 17.9 Å². The molecule has 174 valence electrons. The molecule has 0 aliphatic carbocycles. The number of alkyl halides is 3. The molecule has 0 saturated carbocycles. The van der Waals surface area contributed by atoms with E-state index in [2.05, 4.69) is 15.6 Å². The topological polar surface area (TPSA) is 54.0 Å². The van der Waals surface area contributed by atoms with Crippen LogP contribution >= 0.6 is 11.6 Å². The molecule has 3 aromatic rings. The van der Waals surface area contributed by atoms with Gasteiger partial charge in [-0.3, -0.25) is 9.78 Å². The van der Waals surface area contributed by atoms with Crippen LogP contribution in [0.3, 0.4) is 0 Å². The van der Waals surface area contributed by atoms with Gasteiger partial charge in [0.15, 0.2) is 0 Å². The standard InChI is InChI=1S/C25H25ClF3N3O/c1-16-14-18(8-10-21(16)26)20(19-9-11-22(32-15-19)25(27,28)29)12-13-31-23(24(33)30-2)17-6-4-3-5-7-17/h3-11,14-15,20,23,31H,12-13H2,1-2H3,(H,30,33)/t20-,23+/m0/s1. The molecule has 1 amide bonds. The molecule has 2 aromatic carbocycles. The Morgan fingerprint density at radius 1 is 1.03 bits per heavy atom. The fourth-order valence-electron chi connectivity index (χ4n) is 3.71. The number of pyridine rings is 1. The number of likely N-dealkylation sites (N-methyl/N-ethyl adjacent to an activating group) is 1. The Hall–Kier alpha value is -2.90. The fourth-order valence-corrected chi connectivity index (χ4v) is 3.83. The van der Waals surface area contributed by atoms with Crippen LogP contribution in [0, 0.1) is 6.92 Å². The Labute approximate surface area is 196 Å². The summed E-state index contributed by atoms with van der Waals surface area (Å²) in [5, 5.41) is 6.56. The zero-order chi connectivity index (χ0) is 24.0. The molecule has 0 aliphatic rings. The molecule has 0 unspecified atom stereocenters. The van der Waals surface area contributed by atoms with Crippen molar-refractivity contribution in [3.05, 3.63) is 99.8 Å². The fraction of sp³-hybridized carbons (Fsp3) is 0.280. The monoisotopic (exact) mass is 475 g/mol. The number of nitrogens with one attached hydrogen (secondary N) is 2. The molecule has 0 radical (unpaired) electrons. The van der Waals surface area contributed by atoms with Gasteiger partial charge in [-0.15, -0.1) is 0 Å². The highest BCUT2D eigenvalue weighted by Gasteiger charge is 2.32. The van der Waals surface area contributed by atoms with Gasteiger partial charge < -0.3 is 10.6 Å². The van der Waals surface area contributed by atoms with Gasteiger partial charge in [-0.05, 0) is 54.3 Å². The van der Waals surface area contributed by atoms with Crippen molar-refractivity contribution < 1.29 is 18.0 Å². The van der Waals surface area contributed by atoms with Crippen molar-refractivity contribution in [1.82, 2.24) is 15.6 Å². The summed E-state index contributed by atoms with van der Waals surface area (Å²) < 4.78 is 38.9. The lowest BCUT2D eigenvalue weighted by molar-refractivity contribution is -0.141. The van der Waals surface area contributed by atoms with Crippen molar-refractivity contribution in [2.75, 3.05) is 13.6 Å². The van der Waals surface area contributed by atoms with Crippen molar-refractivity contribution >= 4 is 17.5 Å². The number of hydrogen-bond donors (Lipinski definition) is 2. The van der Waals surface area contributed by atoms with Gasteiger partial charge in [0.05, 0.1) is 0 Å². The lowest BCUT2D eigenvalue weighted by Gasteiger charge is -2.22. The molecule has 0 bridgehead atoms. The van der Waals surface area contributed by atoms with Gasteiger partial charge in [0.1, 0.15) is 11.7 Å². The van der Waals surface area contributed by atoms with Crippen molar-refractivity contribution in [3.63, 3.8) is 0 Å². The second-order valence-electron chi connectivity index (χ2n) is 7.74. The van der Waals surface area contributed by atoms with Gasteiger partial charge in [0.2, 0.25) is 5.91 Å². The molecule has 3 rings (SSSR count). The van der Waals surface area contributed by atoms with Crippen LogP contribution in [-0.2, 0) is 11.0 Å². The average Bonchev–Trinajstić information content (AvgIpc) is 2.81. The molecule has 2 N–H and O–H groups in total. The molecule has 2 atom stereocenters. The molecular weight excluding hydrogens is 451 g/mol. The van der Waals surface area contributed by atoms with E-state index in [0.717, 1.165) is 22.8 Å². The maximum atomic E-state index is 13.0. The third-order valence-electron chi connectivity index (χ3n) is 5.49. The normalized spacial score (nSPS) is 13.4. The summed E-state index contributed by atoms with van der Waals surface area (Å²) in [4.78, 5) is 16.1. The molecule has 0 aliphatic heterocycles. The van der Waals surface area contributed by atoms with E-state index in [9.17, 15) is 18.0 Å². The summed E-state index contributed by atoms with van der Waals surface area (Å²) in [5.74, 6) is -0.402. The molecule has 1 aromatic heterocycles. The van der Waals surface area contributed by atoms with Crippen LogP contribution in [-0.4, -0.2) is 24.5 Å². The molecule has 33 heavy (non-hydrogen) atoms. The van der Waals surface area contributed by atoms with Crippen molar-refractivity contribution in [1.29, 1.82) is 0 Å². The van der Waals surface area contributed by atoms with Gasteiger partial charge in [0.25, 0.3) is 0 Å². The maximum Gasteiger partial charge on any atom is 0.433 e. The summed E-state index contributed by atoms with van der Waals surface area (Å²) in [6.07, 6.45) is -2.69. The van der Waals surface area contributed by atoms with E-state index >= 15 is 0 Å². The Morgan fingerprint density at radius 2 is 1.73 bits per heavy atom. The van der Waals surface area contributed by atoms with Gasteiger partial charge in [-0.25, -0.2) is 0 Å². The number of benzene rings is 2. The summed E-state index contributed by atoms with van der Waals surface area (Å²) in [6, 6.07) is 16.8.